The molecule has 12 bridgehead atoms. The zero-order valence-electron chi connectivity index (χ0n) is 40.7. The van der Waals surface area contributed by atoms with Crippen molar-refractivity contribution in [2.45, 2.75) is 53.4 Å². The highest BCUT2D eigenvalue weighted by atomic mass is 15.2. The SMILES string of the molecule is Cc1ccccc1N1c2cccc(c2)N(c2ccccc2)c2ccc(cc2)N(c2ccccc2)c2cccc(c2)N(c2ccccc2C)c2cc(C(C)C)c3ccc4c1cc(C(C)C)c1ccc2c3c14. The average Bonchev–Trinajstić information content (AvgIpc) is 3.38. The number of rotatable bonds is 6. The minimum atomic E-state index is 0.262. The van der Waals surface area contributed by atoms with Gasteiger partial charge in [-0.05, 0) is 179 Å². The molecule has 0 fully saturated rings. The molecule has 0 saturated carbocycles. The second-order valence-electron chi connectivity index (χ2n) is 19.5. The summed E-state index contributed by atoms with van der Waals surface area (Å²) >= 11 is 0. The van der Waals surface area contributed by atoms with Gasteiger partial charge in [0.05, 0.1) is 11.4 Å². The molecule has 0 amide bonds. The van der Waals surface area contributed by atoms with Gasteiger partial charge >= 0.3 is 0 Å². The van der Waals surface area contributed by atoms with E-state index in [1.807, 2.05) is 0 Å². The van der Waals surface area contributed by atoms with Crippen LogP contribution in [0.3, 0.4) is 0 Å². The Kier molecular flexibility index (Phi) is 10.6. The lowest BCUT2D eigenvalue weighted by Crippen LogP contribution is -2.16. The number of aryl methyl sites for hydroxylation is 2. The maximum Gasteiger partial charge on any atom is 0.0543 e. The van der Waals surface area contributed by atoms with E-state index < -0.39 is 0 Å². The summed E-state index contributed by atoms with van der Waals surface area (Å²) < 4.78 is 0. The molecule has 2 aliphatic heterocycles. The predicted octanol–water partition coefficient (Wildman–Crippen LogP) is 19.6. The molecule has 340 valence electrons. The lowest BCUT2D eigenvalue weighted by Gasteiger charge is -2.34. The fourth-order valence-electron chi connectivity index (χ4n) is 11.1. The van der Waals surface area contributed by atoms with E-state index in [1.54, 1.807) is 0 Å². The van der Waals surface area contributed by atoms with Crippen molar-refractivity contribution in [1.82, 2.24) is 0 Å². The molecule has 0 aliphatic carbocycles. The molecule has 0 unspecified atom stereocenters. The van der Waals surface area contributed by atoms with Crippen molar-refractivity contribution in [2.24, 2.45) is 0 Å². The van der Waals surface area contributed by atoms with Gasteiger partial charge in [0, 0.05) is 67.6 Å². The molecule has 11 aromatic rings. The highest BCUT2D eigenvalue weighted by Gasteiger charge is 2.28. The fourth-order valence-corrected chi connectivity index (χ4v) is 11.1. The molecule has 70 heavy (non-hydrogen) atoms. The Hall–Kier alpha value is -8.34. The van der Waals surface area contributed by atoms with Crippen molar-refractivity contribution in [3.8, 4) is 0 Å². The van der Waals surface area contributed by atoms with Gasteiger partial charge in [-0.2, -0.15) is 0 Å². The summed E-state index contributed by atoms with van der Waals surface area (Å²) in [4.78, 5) is 9.81. The van der Waals surface area contributed by atoms with E-state index in [0.29, 0.717) is 0 Å². The van der Waals surface area contributed by atoms with E-state index in [1.165, 1.54) is 65.9 Å². The lowest BCUT2D eigenvalue weighted by atomic mass is 9.84. The van der Waals surface area contributed by atoms with E-state index in [0.717, 1.165) is 56.9 Å². The molecule has 0 saturated heterocycles. The van der Waals surface area contributed by atoms with Crippen LogP contribution >= 0.6 is 0 Å². The van der Waals surface area contributed by atoms with Crippen LogP contribution in [0.1, 0.15) is 61.8 Å². The molecular weight excluding hydrogens is 849 g/mol. The molecule has 0 atom stereocenters. The van der Waals surface area contributed by atoms with Gasteiger partial charge in [-0.15, -0.1) is 0 Å². The van der Waals surface area contributed by atoms with E-state index >= 15 is 0 Å². The second kappa shape index (κ2) is 17.3. The normalized spacial score (nSPS) is 12.9. The molecule has 0 N–H and O–H groups in total. The van der Waals surface area contributed by atoms with E-state index in [4.69, 9.17) is 0 Å². The summed E-state index contributed by atoms with van der Waals surface area (Å²) in [5, 5.41) is 7.68. The third kappa shape index (κ3) is 7.13. The summed E-state index contributed by atoms with van der Waals surface area (Å²) in [7, 11) is 0. The monoisotopic (exact) mass is 904 g/mol. The van der Waals surface area contributed by atoms with Gasteiger partial charge in [0.1, 0.15) is 0 Å². The number of para-hydroxylation sites is 4. The number of anilines is 12. The summed E-state index contributed by atoms with van der Waals surface area (Å²) in [6.07, 6.45) is 0. The first-order valence-corrected chi connectivity index (χ1v) is 24.7. The Morgan fingerprint density at radius 3 is 0.943 bits per heavy atom. The standard InChI is InChI=1S/C66H56N4/c1-43(2)59-41-63-57-38-36-56-60(44(3)4)42-64(58-37-35-55(59)65(57)66(56)58)70(62-30-16-14-20-46(62)6)54-28-18-26-52(40-54)68(48-23-11-8-12-24-48)50-33-31-49(32-34-50)67(47-21-9-7-10-22-47)51-25-17-27-53(39-51)69(63)61-29-15-13-19-45(61)5/h7-44H,1-6H3. The average molecular weight is 905 g/mol. The number of benzene rings is 11. The minimum Gasteiger partial charge on any atom is -0.310 e. The quantitative estimate of drug-likeness (QED) is 0.154. The molecule has 11 aromatic carbocycles. The van der Waals surface area contributed by atoms with Gasteiger partial charge < -0.3 is 19.6 Å². The summed E-state index contributed by atoms with van der Waals surface area (Å²) in [6.45, 7) is 13.9. The van der Waals surface area contributed by atoms with Crippen molar-refractivity contribution in [2.75, 3.05) is 19.6 Å². The topological polar surface area (TPSA) is 13.0 Å². The number of hydrogen-bond acceptors (Lipinski definition) is 4. The Morgan fingerprint density at radius 1 is 0.257 bits per heavy atom. The maximum absolute atomic E-state index is 2.52. The van der Waals surface area contributed by atoms with Crippen LogP contribution in [0.25, 0.3) is 32.3 Å². The minimum absolute atomic E-state index is 0.262. The van der Waals surface area contributed by atoms with Crippen molar-refractivity contribution < 1.29 is 0 Å². The van der Waals surface area contributed by atoms with Gasteiger partial charge in [0.2, 0.25) is 0 Å². The second-order valence-corrected chi connectivity index (χ2v) is 19.5. The highest BCUT2D eigenvalue weighted by Crippen LogP contribution is 2.53. The molecule has 0 aromatic heterocycles. The number of nitrogens with zero attached hydrogens (tertiary/aromatic N) is 4. The van der Waals surface area contributed by atoms with Gasteiger partial charge in [-0.3, -0.25) is 0 Å². The third-order valence-corrected chi connectivity index (χ3v) is 14.4. The van der Waals surface area contributed by atoms with E-state index in [-0.39, 0.29) is 11.8 Å². The highest BCUT2D eigenvalue weighted by molar-refractivity contribution is 6.29. The van der Waals surface area contributed by atoms with Gasteiger partial charge in [0.25, 0.3) is 0 Å². The fraction of sp³-hybridized carbons (Fsp3) is 0.121. The first-order valence-electron chi connectivity index (χ1n) is 24.7. The summed E-state index contributed by atoms with van der Waals surface area (Å²) in [5.74, 6) is 0.525. The van der Waals surface area contributed by atoms with Gasteiger partial charge in [0.15, 0.2) is 0 Å². The molecule has 4 nitrogen and oxygen atoms in total. The Balaban J connectivity index is 1.26. The third-order valence-electron chi connectivity index (χ3n) is 14.4. The molecule has 2 aliphatic rings. The van der Waals surface area contributed by atoms with Crippen molar-refractivity contribution in [3.05, 3.63) is 241 Å². The molecule has 13 rings (SSSR count). The summed E-state index contributed by atoms with van der Waals surface area (Å²) in [5.41, 5.74) is 18.3. The predicted molar refractivity (Wildman–Crippen MR) is 300 cm³/mol. The Labute approximate surface area is 412 Å². The van der Waals surface area contributed by atoms with Crippen molar-refractivity contribution in [1.29, 1.82) is 0 Å². The van der Waals surface area contributed by atoms with Crippen LogP contribution in [-0.4, -0.2) is 0 Å². The zero-order chi connectivity index (χ0) is 47.6. The van der Waals surface area contributed by atoms with Crippen LogP contribution in [0, 0.1) is 13.8 Å². The van der Waals surface area contributed by atoms with E-state index in [2.05, 4.69) is 280 Å². The largest absolute Gasteiger partial charge is 0.310 e. The van der Waals surface area contributed by atoms with Crippen LogP contribution in [0.2, 0.25) is 0 Å². The van der Waals surface area contributed by atoms with Crippen molar-refractivity contribution in [3.63, 3.8) is 0 Å². The molecular formula is C66H56N4. The Morgan fingerprint density at radius 2 is 0.571 bits per heavy atom. The van der Waals surface area contributed by atoms with Crippen LogP contribution < -0.4 is 19.6 Å². The van der Waals surface area contributed by atoms with Crippen molar-refractivity contribution >= 4 is 101 Å². The number of hydrogen-bond donors (Lipinski definition) is 0. The smallest absolute Gasteiger partial charge is 0.0543 e. The van der Waals surface area contributed by atoms with Crippen LogP contribution in [0.15, 0.2) is 218 Å². The van der Waals surface area contributed by atoms with E-state index in [9.17, 15) is 0 Å². The maximum atomic E-state index is 2.52. The molecule has 2 heterocycles. The molecule has 0 spiro atoms. The Bertz CT molecular complexity index is 3460. The van der Waals surface area contributed by atoms with Crippen LogP contribution in [-0.2, 0) is 0 Å². The lowest BCUT2D eigenvalue weighted by molar-refractivity contribution is 0.875. The summed E-state index contributed by atoms with van der Waals surface area (Å²) in [6, 6.07) is 81.1. The van der Waals surface area contributed by atoms with Crippen LogP contribution in [0.5, 0.6) is 0 Å². The number of fused-ring (bicyclic) bond motifs is 2. The molecule has 0 radical (unpaired) electrons. The first kappa shape index (κ1) is 43.0. The van der Waals surface area contributed by atoms with Crippen LogP contribution in [0.4, 0.5) is 68.2 Å². The molecule has 4 heteroatoms. The van der Waals surface area contributed by atoms with Gasteiger partial charge in [-0.25, -0.2) is 0 Å². The zero-order valence-corrected chi connectivity index (χ0v) is 40.7. The first-order chi connectivity index (χ1) is 34.2. The van der Waals surface area contributed by atoms with Gasteiger partial charge in [-0.1, -0.05) is 137 Å².